The lowest BCUT2D eigenvalue weighted by molar-refractivity contribution is -0.152. The van der Waals surface area contributed by atoms with E-state index in [1.54, 1.807) is 13.2 Å². The fourth-order valence-electron chi connectivity index (χ4n) is 1.16. The van der Waals surface area contributed by atoms with Gasteiger partial charge in [0.15, 0.2) is 6.10 Å². The number of carbonyl (C=O) groups is 1. The van der Waals surface area contributed by atoms with Crippen molar-refractivity contribution in [1.29, 1.82) is 0 Å². The van der Waals surface area contributed by atoms with Crippen LogP contribution in [0.2, 0.25) is 0 Å². The molecule has 0 fully saturated rings. The van der Waals surface area contributed by atoms with Gasteiger partial charge in [-0.2, -0.15) is 0 Å². The topological polar surface area (TPSA) is 55.8 Å². The van der Waals surface area contributed by atoms with E-state index >= 15 is 0 Å². The zero-order valence-corrected chi connectivity index (χ0v) is 8.73. The minimum atomic E-state index is -1.12. The molecule has 4 nitrogen and oxygen atoms in total. The molecule has 0 aromatic carbocycles. The van der Waals surface area contributed by atoms with E-state index in [1.165, 1.54) is 7.11 Å². The molecule has 0 radical (unpaired) electrons. The van der Waals surface area contributed by atoms with Gasteiger partial charge in [0.1, 0.15) is 0 Å². The summed E-state index contributed by atoms with van der Waals surface area (Å²) in [6, 6.07) is 0. The van der Waals surface area contributed by atoms with E-state index < -0.39 is 12.1 Å². The molecule has 0 aliphatic rings. The molecule has 2 atom stereocenters. The molecule has 0 aliphatic heterocycles. The summed E-state index contributed by atoms with van der Waals surface area (Å²) in [6.07, 6.45) is 1.89. The third kappa shape index (κ3) is 4.39. The summed E-state index contributed by atoms with van der Waals surface area (Å²) in [6.45, 7) is 4.18. The minimum Gasteiger partial charge on any atom is -0.467 e. The molecule has 0 aromatic heterocycles. The number of methoxy groups -OCH3 is 2. The monoisotopic (exact) mass is 202 g/mol. The van der Waals surface area contributed by atoms with Crippen molar-refractivity contribution in [2.24, 2.45) is 5.92 Å². The van der Waals surface area contributed by atoms with Gasteiger partial charge in [-0.25, -0.2) is 4.79 Å². The number of carbonyl (C=O) groups excluding carboxylic acids is 1. The molecular weight excluding hydrogens is 184 g/mol. The SMILES string of the molecule is C=CC(CCCOC)C(O)C(=O)OC. The Kier molecular flexibility index (Phi) is 7.06. The van der Waals surface area contributed by atoms with Crippen molar-refractivity contribution in [3.8, 4) is 0 Å². The summed E-state index contributed by atoms with van der Waals surface area (Å²) in [7, 11) is 2.86. The van der Waals surface area contributed by atoms with E-state index in [4.69, 9.17) is 4.74 Å². The highest BCUT2D eigenvalue weighted by Gasteiger charge is 2.23. The van der Waals surface area contributed by atoms with Crippen LogP contribution in [-0.2, 0) is 14.3 Å². The lowest BCUT2D eigenvalue weighted by Crippen LogP contribution is -2.29. The Morgan fingerprint density at radius 1 is 1.57 bits per heavy atom. The summed E-state index contributed by atoms with van der Waals surface area (Å²) in [5.41, 5.74) is 0. The summed E-state index contributed by atoms with van der Waals surface area (Å²) in [4.78, 5) is 11.0. The van der Waals surface area contributed by atoms with E-state index in [1.807, 2.05) is 0 Å². The largest absolute Gasteiger partial charge is 0.467 e. The maximum absolute atomic E-state index is 11.0. The van der Waals surface area contributed by atoms with Crippen molar-refractivity contribution in [1.82, 2.24) is 0 Å². The van der Waals surface area contributed by atoms with Crippen LogP contribution < -0.4 is 0 Å². The van der Waals surface area contributed by atoms with Crippen LogP contribution >= 0.6 is 0 Å². The Hall–Kier alpha value is -0.870. The molecule has 2 unspecified atom stereocenters. The van der Waals surface area contributed by atoms with Crippen molar-refractivity contribution in [2.45, 2.75) is 18.9 Å². The van der Waals surface area contributed by atoms with Crippen molar-refractivity contribution in [2.75, 3.05) is 20.8 Å². The van der Waals surface area contributed by atoms with Crippen LogP contribution in [0.3, 0.4) is 0 Å². The molecule has 0 bridgehead atoms. The van der Waals surface area contributed by atoms with Crippen LogP contribution in [0.5, 0.6) is 0 Å². The predicted molar refractivity (Wildman–Crippen MR) is 52.8 cm³/mol. The van der Waals surface area contributed by atoms with Gasteiger partial charge in [0, 0.05) is 19.6 Å². The molecule has 1 N–H and O–H groups in total. The van der Waals surface area contributed by atoms with Gasteiger partial charge in [0.2, 0.25) is 0 Å². The van der Waals surface area contributed by atoms with E-state index in [-0.39, 0.29) is 5.92 Å². The summed E-state index contributed by atoms with van der Waals surface area (Å²) in [5.74, 6) is -0.884. The molecule has 0 rings (SSSR count). The lowest BCUT2D eigenvalue weighted by atomic mass is 9.97. The number of hydrogen-bond acceptors (Lipinski definition) is 4. The smallest absolute Gasteiger partial charge is 0.335 e. The minimum absolute atomic E-state index is 0.266. The van der Waals surface area contributed by atoms with Gasteiger partial charge >= 0.3 is 5.97 Å². The molecule has 0 amide bonds. The van der Waals surface area contributed by atoms with Gasteiger partial charge in [-0.15, -0.1) is 6.58 Å². The van der Waals surface area contributed by atoms with Crippen LogP contribution in [0, 0.1) is 5.92 Å². The Morgan fingerprint density at radius 3 is 2.64 bits per heavy atom. The van der Waals surface area contributed by atoms with Crippen molar-refractivity contribution in [3.05, 3.63) is 12.7 Å². The molecule has 14 heavy (non-hydrogen) atoms. The first-order valence-corrected chi connectivity index (χ1v) is 4.54. The highest BCUT2D eigenvalue weighted by atomic mass is 16.5. The second-order valence-corrected chi connectivity index (χ2v) is 3.00. The first-order chi connectivity index (χ1) is 6.67. The number of aliphatic hydroxyl groups excluding tert-OH is 1. The van der Waals surface area contributed by atoms with E-state index in [0.29, 0.717) is 13.0 Å². The van der Waals surface area contributed by atoms with E-state index in [0.717, 1.165) is 6.42 Å². The number of esters is 1. The van der Waals surface area contributed by atoms with Gasteiger partial charge in [-0.3, -0.25) is 0 Å². The van der Waals surface area contributed by atoms with Gasteiger partial charge < -0.3 is 14.6 Å². The highest BCUT2D eigenvalue weighted by molar-refractivity contribution is 5.74. The summed E-state index contributed by atoms with van der Waals surface area (Å²) in [5, 5.41) is 9.49. The average Bonchev–Trinajstić information content (AvgIpc) is 2.22. The standard InChI is InChI=1S/C10H18O4/c1-4-8(6-5-7-13-2)9(11)10(12)14-3/h4,8-9,11H,1,5-7H2,2-3H3. The van der Waals surface area contributed by atoms with Crippen LogP contribution in [0.15, 0.2) is 12.7 Å². The zero-order valence-electron chi connectivity index (χ0n) is 8.73. The maximum atomic E-state index is 11.0. The fraction of sp³-hybridized carbons (Fsp3) is 0.700. The Bertz CT molecular complexity index is 179. The van der Waals surface area contributed by atoms with Crippen LogP contribution in [0.25, 0.3) is 0 Å². The Labute approximate surface area is 84.5 Å². The number of rotatable bonds is 7. The van der Waals surface area contributed by atoms with Gasteiger partial charge in [0.05, 0.1) is 7.11 Å². The average molecular weight is 202 g/mol. The van der Waals surface area contributed by atoms with Crippen LogP contribution in [0.1, 0.15) is 12.8 Å². The van der Waals surface area contributed by atoms with Crippen molar-refractivity contribution >= 4 is 5.97 Å². The van der Waals surface area contributed by atoms with Crippen molar-refractivity contribution < 1.29 is 19.4 Å². The third-order valence-electron chi connectivity index (χ3n) is 2.04. The summed E-state index contributed by atoms with van der Waals surface area (Å²) < 4.78 is 9.30. The molecule has 0 heterocycles. The first kappa shape index (κ1) is 13.1. The Morgan fingerprint density at radius 2 is 2.21 bits per heavy atom. The van der Waals surface area contributed by atoms with Gasteiger partial charge in [-0.05, 0) is 12.8 Å². The molecular formula is C10H18O4. The second kappa shape index (κ2) is 7.53. The molecule has 4 heteroatoms. The highest BCUT2D eigenvalue weighted by Crippen LogP contribution is 2.14. The number of ether oxygens (including phenoxy) is 2. The molecule has 0 saturated heterocycles. The predicted octanol–water partition coefficient (Wildman–Crippen LogP) is 0.749. The van der Waals surface area contributed by atoms with E-state index in [2.05, 4.69) is 11.3 Å². The molecule has 0 aromatic rings. The third-order valence-corrected chi connectivity index (χ3v) is 2.04. The second-order valence-electron chi connectivity index (χ2n) is 3.00. The maximum Gasteiger partial charge on any atom is 0.335 e. The van der Waals surface area contributed by atoms with Gasteiger partial charge in [0.25, 0.3) is 0 Å². The Balaban J connectivity index is 3.98. The van der Waals surface area contributed by atoms with Crippen LogP contribution in [-0.4, -0.2) is 38.0 Å². The fourth-order valence-corrected chi connectivity index (χ4v) is 1.16. The van der Waals surface area contributed by atoms with Crippen molar-refractivity contribution in [3.63, 3.8) is 0 Å². The summed E-state index contributed by atoms with van der Waals surface area (Å²) >= 11 is 0. The first-order valence-electron chi connectivity index (χ1n) is 4.54. The lowest BCUT2D eigenvalue weighted by Gasteiger charge is -2.16. The molecule has 0 spiro atoms. The molecule has 82 valence electrons. The number of hydrogen-bond donors (Lipinski definition) is 1. The van der Waals surface area contributed by atoms with E-state index in [9.17, 15) is 9.90 Å². The molecule has 0 aliphatic carbocycles. The number of aliphatic hydroxyl groups is 1. The normalized spacial score (nSPS) is 14.5. The molecule has 0 saturated carbocycles. The van der Waals surface area contributed by atoms with Gasteiger partial charge in [-0.1, -0.05) is 6.08 Å². The zero-order chi connectivity index (χ0) is 11.0. The quantitative estimate of drug-likeness (QED) is 0.376. The van der Waals surface area contributed by atoms with Crippen LogP contribution in [0.4, 0.5) is 0 Å².